The minimum absolute atomic E-state index is 0.206. The van der Waals surface area contributed by atoms with Gasteiger partial charge >= 0.3 is 0 Å². The first-order valence-electron chi connectivity index (χ1n) is 6.84. The van der Waals surface area contributed by atoms with Crippen LogP contribution < -0.4 is 10.1 Å². The van der Waals surface area contributed by atoms with E-state index in [4.69, 9.17) is 9.26 Å². The van der Waals surface area contributed by atoms with Crippen molar-refractivity contribution >= 4 is 11.8 Å². The van der Waals surface area contributed by atoms with E-state index in [-0.39, 0.29) is 17.6 Å². The van der Waals surface area contributed by atoms with Crippen LogP contribution >= 0.6 is 0 Å². The lowest BCUT2D eigenvalue weighted by molar-refractivity contribution is 0.102. The highest BCUT2D eigenvalue weighted by Crippen LogP contribution is 2.22. The summed E-state index contributed by atoms with van der Waals surface area (Å²) in [7, 11) is 1.53. The highest BCUT2D eigenvalue weighted by molar-refractivity contribution is 6.03. The second-order valence-electron chi connectivity index (χ2n) is 4.77. The lowest BCUT2D eigenvalue weighted by Crippen LogP contribution is -2.11. The van der Waals surface area contributed by atoms with Crippen molar-refractivity contribution in [1.82, 2.24) is 5.16 Å². The number of aromatic nitrogens is 1. The number of carbonyl (C=O) groups is 1. The number of hydrogen-bond donors (Lipinski definition) is 1. The van der Waals surface area contributed by atoms with Crippen LogP contribution in [0.5, 0.6) is 5.75 Å². The van der Waals surface area contributed by atoms with Crippen molar-refractivity contribution in [2.45, 2.75) is 0 Å². The minimum atomic E-state index is -0.342. The van der Waals surface area contributed by atoms with Crippen LogP contribution in [0.1, 0.15) is 10.4 Å². The van der Waals surface area contributed by atoms with Crippen LogP contribution in [0.2, 0.25) is 0 Å². The molecule has 1 aromatic heterocycles. The van der Waals surface area contributed by atoms with Gasteiger partial charge < -0.3 is 9.26 Å². The molecule has 0 aliphatic carbocycles. The molecule has 0 saturated carbocycles. The van der Waals surface area contributed by atoms with Gasteiger partial charge in [0.2, 0.25) is 5.88 Å². The number of methoxy groups -OCH3 is 1. The number of nitrogens with zero attached hydrogens (tertiary/aromatic N) is 1. The van der Waals surface area contributed by atoms with Crippen LogP contribution in [-0.2, 0) is 0 Å². The van der Waals surface area contributed by atoms with Crippen LogP contribution in [0.25, 0.3) is 11.3 Å². The maximum atomic E-state index is 12.9. The number of rotatable bonds is 4. The highest BCUT2D eigenvalue weighted by Gasteiger charge is 2.12. The number of hydrogen-bond acceptors (Lipinski definition) is 4. The molecule has 0 spiro atoms. The largest absolute Gasteiger partial charge is 0.497 e. The van der Waals surface area contributed by atoms with Gasteiger partial charge in [0.05, 0.1) is 7.11 Å². The first kappa shape index (κ1) is 14.8. The summed E-state index contributed by atoms with van der Waals surface area (Å²) in [4.78, 5) is 12.2. The van der Waals surface area contributed by atoms with Crippen molar-refractivity contribution in [2.24, 2.45) is 0 Å². The molecule has 5 nitrogen and oxygen atoms in total. The maximum absolute atomic E-state index is 12.9. The standard InChI is InChI=1S/C17H13FN2O3/c1-22-14-4-2-3-12(9-14)17(21)19-16-10-15(20-23-16)11-5-7-13(18)8-6-11/h2-10H,1H3,(H,19,21). The van der Waals surface area contributed by atoms with Gasteiger partial charge in [-0.15, -0.1) is 0 Å². The van der Waals surface area contributed by atoms with Gasteiger partial charge in [0.1, 0.15) is 17.3 Å². The Labute approximate surface area is 131 Å². The zero-order valence-electron chi connectivity index (χ0n) is 12.2. The van der Waals surface area contributed by atoms with Gasteiger partial charge in [0, 0.05) is 17.2 Å². The highest BCUT2D eigenvalue weighted by atomic mass is 19.1. The summed E-state index contributed by atoms with van der Waals surface area (Å²) in [5, 5.41) is 6.47. The molecular formula is C17H13FN2O3. The normalized spacial score (nSPS) is 10.3. The van der Waals surface area contributed by atoms with Crippen molar-refractivity contribution in [3.63, 3.8) is 0 Å². The van der Waals surface area contributed by atoms with Gasteiger partial charge in [-0.1, -0.05) is 11.2 Å². The van der Waals surface area contributed by atoms with Crippen molar-refractivity contribution in [1.29, 1.82) is 0 Å². The van der Waals surface area contributed by atoms with Gasteiger partial charge in [0.25, 0.3) is 5.91 Å². The van der Waals surface area contributed by atoms with E-state index in [1.165, 1.54) is 19.2 Å². The zero-order chi connectivity index (χ0) is 16.2. The molecule has 1 amide bonds. The van der Waals surface area contributed by atoms with Crippen LogP contribution in [0.4, 0.5) is 10.3 Å². The fraction of sp³-hybridized carbons (Fsp3) is 0.0588. The Bertz CT molecular complexity index is 828. The molecule has 3 rings (SSSR count). The number of carbonyl (C=O) groups excluding carboxylic acids is 1. The Morgan fingerprint density at radius 2 is 1.96 bits per heavy atom. The topological polar surface area (TPSA) is 64.4 Å². The Hall–Kier alpha value is -3.15. The second kappa shape index (κ2) is 6.31. The van der Waals surface area contributed by atoms with E-state index in [2.05, 4.69) is 10.5 Å². The van der Waals surface area contributed by atoms with E-state index in [0.29, 0.717) is 22.6 Å². The van der Waals surface area contributed by atoms with Gasteiger partial charge in [0.15, 0.2) is 0 Å². The van der Waals surface area contributed by atoms with E-state index in [9.17, 15) is 9.18 Å². The predicted molar refractivity (Wildman–Crippen MR) is 82.8 cm³/mol. The third-order valence-corrected chi connectivity index (χ3v) is 3.22. The lowest BCUT2D eigenvalue weighted by atomic mass is 10.1. The molecule has 0 aliphatic heterocycles. The summed E-state index contributed by atoms with van der Waals surface area (Å²) in [5.41, 5.74) is 1.63. The lowest BCUT2D eigenvalue weighted by Gasteiger charge is -2.03. The molecule has 6 heteroatoms. The third kappa shape index (κ3) is 3.37. The van der Waals surface area contributed by atoms with E-state index in [0.717, 1.165) is 0 Å². The van der Waals surface area contributed by atoms with Crippen molar-refractivity contribution in [3.05, 3.63) is 66.0 Å². The molecule has 0 fully saturated rings. The molecule has 3 aromatic rings. The average Bonchev–Trinajstić information content (AvgIpc) is 3.04. The molecule has 0 radical (unpaired) electrons. The van der Waals surface area contributed by atoms with Gasteiger partial charge in [-0.25, -0.2) is 4.39 Å². The number of ether oxygens (including phenoxy) is 1. The first-order chi connectivity index (χ1) is 11.2. The molecule has 0 bridgehead atoms. The summed E-state index contributed by atoms with van der Waals surface area (Å²) in [6.07, 6.45) is 0. The SMILES string of the molecule is COc1cccc(C(=O)Nc2cc(-c3ccc(F)cc3)no2)c1. The third-order valence-electron chi connectivity index (χ3n) is 3.22. The van der Waals surface area contributed by atoms with Crippen LogP contribution in [0.3, 0.4) is 0 Å². The van der Waals surface area contributed by atoms with E-state index < -0.39 is 0 Å². The van der Waals surface area contributed by atoms with Gasteiger partial charge in [-0.2, -0.15) is 0 Å². The van der Waals surface area contributed by atoms with E-state index in [1.807, 2.05) is 0 Å². The van der Waals surface area contributed by atoms with Crippen LogP contribution in [-0.4, -0.2) is 18.2 Å². The zero-order valence-corrected chi connectivity index (χ0v) is 12.2. The molecular weight excluding hydrogens is 299 g/mol. The molecule has 116 valence electrons. The molecule has 0 atom stereocenters. The molecule has 2 aromatic carbocycles. The fourth-order valence-corrected chi connectivity index (χ4v) is 2.04. The maximum Gasteiger partial charge on any atom is 0.258 e. The molecule has 1 N–H and O–H groups in total. The Balaban J connectivity index is 1.75. The average molecular weight is 312 g/mol. The number of benzene rings is 2. The van der Waals surface area contributed by atoms with E-state index in [1.54, 1.807) is 42.5 Å². The second-order valence-corrected chi connectivity index (χ2v) is 4.77. The molecule has 1 heterocycles. The quantitative estimate of drug-likeness (QED) is 0.797. The Morgan fingerprint density at radius 3 is 2.70 bits per heavy atom. The number of amides is 1. The number of nitrogens with one attached hydrogen (secondary N) is 1. The Kier molecular flexibility index (Phi) is 4.05. The predicted octanol–water partition coefficient (Wildman–Crippen LogP) is 3.74. The fourth-order valence-electron chi connectivity index (χ4n) is 2.04. The summed E-state index contributed by atoms with van der Waals surface area (Å²) in [6, 6.07) is 14.2. The van der Waals surface area contributed by atoms with E-state index >= 15 is 0 Å². The molecule has 0 unspecified atom stereocenters. The summed E-state index contributed by atoms with van der Waals surface area (Å²) in [5.74, 6) is 0.119. The van der Waals surface area contributed by atoms with Crippen molar-refractivity contribution in [2.75, 3.05) is 12.4 Å². The number of anilines is 1. The van der Waals surface area contributed by atoms with Crippen LogP contribution in [0, 0.1) is 5.82 Å². The monoisotopic (exact) mass is 312 g/mol. The minimum Gasteiger partial charge on any atom is -0.497 e. The van der Waals surface area contributed by atoms with Crippen LogP contribution in [0.15, 0.2) is 59.1 Å². The summed E-state index contributed by atoms with van der Waals surface area (Å²) in [6.45, 7) is 0. The van der Waals surface area contributed by atoms with Crippen molar-refractivity contribution in [3.8, 4) is 17.0 Å². The first-order valence-corrected chi connectivity index (χ1v) is 6.84. The van der Waals surface area contributed by atoms with Gasteiger partial charge in [-0.3, -0.25) is 10.1 Å². The Morgan fingerprint density at radius 1 is 1.17 bits per heavy atom. The molecule has 23 heavy (non-hydrogen) atoms. The summed E-state index contributed by atoms with van der Waals surface area (Å²) < 4.78 is 23.1. The number of halogens is 1. The molecule has 0 aliphatic rings. The van der Waals surface area contributed by atoms with Gasteiger partial charge in [-0.05, 0) is 42.5 Å². The summed E-state index contributed by atoms with van der Waals surface area (Å²) >= 11 is 0. The molecule has 0 saturated heterocycles. The van der Waals surface area contributed by atoms with Crippen molar-refractivity contribution < 1.29 is 18.4 Å². The smallest absolute Gasteiger partial charge is 0.258 e.